The van der Waals surface area contributed by atoms with Gasteiger partial charge >= 0.3 is 0 Å². The number of nitrogens with one attached hydrogen (secondary N) is 1. The van der Waals surface area contributed by atoms with Gasteiger partial charge in [0.2, 0.25) is 0 Å². The number of amides is 1. The molecule has 6 heteroatoms. The SMILES string of the molecule is Nc1ncc(C(=O)NCC2CCCCO2)cc1Cl. The van der Waals surface area contributed by atoms with Crippen LogP contribution in [0.3, 0.4) is 0 Å². The molecule has 1 atom stereocenters. The van der Waals surface area contributed by atoms with Gasteiger partial charge in [0.25, 0.3) is 5.91 Å². The summed E-state index contributed by atoms with van der Waals surface area (Å²) in [5.41, 5.74) is 5.89. The second-order valence-corrected chi connectivity index (χ2v) is 4.70. The maximum Gasteiger partial charge on any atom is 0.252 e. The van der Waals surface area contributed by atoms with E-state index in [9.17, 15) is 4.79 Å². The number of hydrogen-bond donors (Lipinski definition) is 2. The molecule has 3 N–H and O–H groups in total. The van der Waals surface area contributed by atoms with Crippen molar-refractivity contribution in [3.8, 4) is 0 Å². The van der Waals surface area contributed by atoms with Crippen LogP contribution in [0.2, 0.25) is 5.02 Å². The molecular weight excluding hydrogens is 254 g/mol. The summed E-state index contributed by atoms with van der Waals surface area (Å²) in [5, 5.41) is 3.10. The molecule has 1 aliphatic rings. The molecule has 1 aliphatic heterocycles. The summed E-state index contributed by atoms with van der Waals surface area (Å²) in [7, 11) is 0. The summed E-state index contributed by atoms with van der Waals surface area (Å²) < 4.78 is 5.53. The highest BCUT2D eigenvalue weighted by atomic mass is 35.5. The van der Waals surface area contributed by atoms with Gasteiger partial charge in [-0.15, -0.1) is 0 Å². The Hall–Kier alpha value is -1.33. The van der Waals surface area contributed by atoms with E-state index in [1.54, 1.807) is 0 Å². The molecule has 0 saturated carbocycles. The lowest BCUT2D eigenvalue weighted by Gasteiger charge is -2.22. The second kappa shape index (κ2) is 6.02. The molecule has 18 heavy (non-hydrogen) atoms. The zero-order valence-corrected chi connectivity index (χ0v) is 10.7. The molecular formula is C12H16ClN3O2. The van der Waals surface area contributed by atoms with Crippen LogP contribution >= 0.6 is 11.6 Å². The molecule has 0 bridgehead atoms. The minimum atomic E-state index is -0.210. The third-order valence-corrected chi connectivity index (χ3v) is 3.20. The molecule has 0 spiro atoms. The van der Waals surface area contributed by atoms with Crippen molar-refractivity contribution in [2.75, 3.05) is 18.9 Å². The van der Waals surface area contributed by atoms with Crippen LogP contribution in [0.4, 0.5) is 5.82 Å². The minimum absolute atomic E-state index is 0.111. The van der Waals surface area contributed by atoms with Crippen molar-refractivity contribution >= 4 is 23.3 Å². The smallest absolute Gasteiger partial charge is 0.252 e. The molecule has 5 nitrogen and oxygen atoms in total. The van der Waals surface area contributed by atoms with E-state index in [4.69, 9.17) is 22.1 Å². The molecule has 0 aromatic carbocycles. The number of anilines is 1. The Morgan fingerprint density at radius 1 is 1.61 bits per heavy atom. The lowest BCUT2D eigenvalue weighted by atomic mass is 10.1. The number of halogens is 1. The molecule has 1 aromatic heterocycles. The van der Waals surface area contributed by atoms with Crippen LogP contribution in [0.5, 0.6) is 0 Å². The first-order chi connectivity index (χ1) is 8.66. The summed E-state index contributed by atoms with van der Waals surface area (Å²) in [6.07, 6.45) is 4.76. The second-order valence-electron chi connectivity index (χ2n) is 4.29. The molecule has 1 saturated heterocycles. The molecule has 98 valence electrons. The lowest BCUT2D eigenvalue weighted by molar-refractivity contribution is 0.0169. The number of carbonyl (C=O) groups is 1. The fourth-order valence-electron chi connectivity index (χ4n) is 1.85. The van der Waals surface area contributed by atoms with Crippen molar-refractivity contribution < 1.29 is 9.53 Å². The van der Waals surface area contributed by atoms with Gasteiger partial charge in [0.05, 0.1) is 16.7 Å². The van der Waals surface area contributed by atoms with E-state index in [1.807, 2.05) is 0 Å². The Morgan fingerprint density at radius 3 is 3.11 bits per heavy atom. The van der Waals surface area contributed by atoms with Gasteiger partial charge in [0.15, 0.2) is 0 Å². The molecule has 1 fully saturated rings. The van der Waals surface area contributed by atoms with Crippen LogP contribution in [-0.2, 0) is 4.74 Å². The van der Waals surface area contributed by atoms with Gasteiger partial charge in [-0.1, -0.05) is 11.6 Å². The zero-order chi connectivity index (χ0) is 13.0. The van der Waals surface area contributed by atoms with Gasteiger partial charge in [-0.3, -0.25) is 4.79 Å². The van der Waals surface area contributed by atoms with Gasteiger partial charge in [0, 0.05) is 19.3 Å². The van der Waals surface area contributed by atoms with E-state index >= 15 is 0 Å². The maximum atomic E-state index is 11.8. The fraction of sp³-hybridized carbons (Fsp3) is 0.500. The highest BCUT2D eigenvalue weighted by Gasteiger charge is 2.15. The summed E-state index contributed by atoms with van der Waals surface area (Å²) in [6.45, 7) is 1.29. The Labute approximate surface area is 111 Å². The van der Waals surface area contributed by atoms with Crippen molar-refractivity contribution in [2.45, 2.75) is 25.4 Å². The number of nitrogens with zero attached hydrogens (tertiary/aromatic N) is 1. The van der Waals surface area contributed by atoms with E-state index in [0.29, 0.717) is 12.1 Å². The largest absolute Gasteiger partial charge is 0.382 e. The average Bonchev–Trinajstić information content (AvgIpc) is 2.40. The Kier molecular flexibility index (Phi) is 4.38. The fourth-order valence-corrected chi connectivity index (χ4v) is 2.02. The molecule has 1 aromatic rings. The number of nitrogen functional groups attached to an aromatic ring is 1. The van der Waals surface area contributed by atoms with Crippen molar-refractivity contribution in [3.05, 3.63) is 22.8 Å². The van der Waals surface area contributed by atoms with Crippen LogP contribution in [-0.4, -0.2) is 30.1 Å². The summed E-state index contributed by atoms with van der Waals surface area (Å²) in [4.78, 5) is 15.7. The van der Waals surface area contributed by atoms with Crippen LogP contribution < -0.4 is 11.1 Å². The summed E-state index contributed by atoms with van der Waals surface area (Å²) in [6, 6.07) is 1.51. The van der Waals surface area contributed by atoms with Crippen LogP contribution in [0.15, 0.2) is 12.3 Å². The van der Waals surface area contributed by atoms with Crippen molar-refractivity contribution in [2.24, 2.45) is 0 Å². The minimum Gasteiger partial charge on any atom is -0.382 e. The van der Waals surface area contributed by atoms with Crippen LogP contribution in [0.1, 0.15) is 29.6 Å². The third kappa shape index (κ3) is 3.34. The van der Waals surface area contributed by atoms with Crippen LogP contribution in [0.25, 0.3) is 0 Å². The Morgan fingerprint density at radius 2 is 2.44 bits per heavy atom. The molecule has 1 amide bonds. The Bertz CT molecular complexity index is 433. The van der Waals surface area contributed by atoms with Crippen molar-refractivity contribution in [1.29, 1.82) is 0 Å². The highest BCUT2D eigenvalue weighted by Crippen LogP contribution is 2.17. The molecule has 2 rings (SSSR count). The monoisotopic (exact) mass is 269 g/mol. The summed E-state index contributed by atoms with van der Waals surface area (Å²) in [5.74, 6) is 0.0161. The van der Waals surface area contributed by atoms with E-state index in [1.165, 1.54) is 12.3 Å². The zero-order valence-electron chi connectivity index (χ0n) is 9.99. The Balaban J connectivity index is 1.88. The highest BCUT2D eigenvalue weighted by molar-refractivity contribution is 6.33. The maximum absolute atomic E-state index is 11.8. The predicted octanol–water partition coefficient (Wildman–Crippen LogP) is 1.62. The van der Waals surface area contributed by atoms with Crippen molar-refractivity contribution in [3.63, 3.8) is 0 Å². The molecule has 0 radical (unpaired) electrons. The predicted molar refractivity (Wildman–Crippen MR) is 69.6 cm³/mol. The van der Waals surface area contributed by atoms with Gasteiger partial charge in [0.1, 0.15) is 5.82 Å². The van der Waals surface area contributed by atoms with E-state index in [0.717, 1.165) is 25.9 Å². The van der Waals surface area contributed by atoms with Crippen LogP contribution in [0, 0.1) is 0 Å². The normalized spacial score (nSPS) is 19.5. The van der Waals surface area contributed by atoms with E-state index in [-0.39, 0.29) is 22.9 Å². The first kappa shape index (κ1) is 13.1. The number of aromatic nitrogens is 1. The van der Waals surface area contributed by atoms with E-state index in [2.05, 4.69) is 10.3 Å². The number of pyridine rings is 1. The summed E-state index contributed by atoms with van der Waals surface area (Å²) >= 11 is 5.81. The number of rotatable bonds is 3. The van der Waals surface area contributed by atoms with E-state index < -0.39 is 0 Å². The lowest BCUT2D eigenvalue weighted by Crippen LogP contribution is -2.35. The van der Waals surface area contributed by atoms with Gasteiger partial charge < -0.3 is 15.8 Å². The topological polar surface area (TPSA) is 77.2 Å². The molecule has 1 unspecified atom stereocenters. The van der Waals surface area contributed by atoms with Gasteiger partial charge in [-0.05, 0) is 25.3 Å². The number of carbonyl (C=O) groups excluding carboxylic acids is 1. The van der Waals surface area contributed by atoms with Gasteiger partial charge in [-0.25, -0.2) is 4.98 Å². The number of ether oxygens (including phenoxy) is 1. The standard InChI is InChI=1S/C12H16ClN3O2/c13-10-5-8(6-15-11(10)14)12(17)16-7-9-3-1-2-4-18-9/h5-6,9H,1-4,7H2,(H2,14,15)(H,16,17). The quantitative estimate of drug-likeness (QED) is 0.874. The van der Waals surface area contributed by atoms with Gasteiger partial charge in [-0.2, -0.15) is 0 Å². The number of hydrogen-bond acceptors (Lipinski definition) is 4. The third-order valence-electron chi connectivity index (χ3n) is 2.90. The van der Waals surface area contributed by atoms with Crippen molar-refractivity contribution in [1.82, 2.24) is 10.3 Å². The number of nitrogens with two attached hydrogens (primary N) is 1. The first-order valence-corrected chi connectivity index (χ1v) is 6.35. The average molecular weight is 270 g/mol. The molecule has 2 heterocycles. The first-order valence-electron chi connectivity index (χ1n) is 5.97. The molecule has 0 aliphatic carbocycles.